The van der Waals surface area contributed by atoms with Gasteiger partial charge in [0.2, 0.25) is 15.4 Å². The van der Waals surface area contributed by atoms with Crippen molar-refractivity contribution in [3.63, 3.8) is 0 Å². The second kappa shape index (κ2) is 6.51. The molecule has 1 aromatic heterocycles. The van der Waals surface area contributed by atoms with E-state index in [1.54, 1.807) is 13.8 Å². The highest BCUT2D eigenvalue weighted by Crippen LogP contribution is 2.14. The van der Waals surface area contributed by atoms with Gasteiger partial charge in [-0.15, -0.1) is 10.2 Å². The minimum Gasteiger partial charge on any atom is -0.354 e. The van der Waals surface area contributed by atoms with E-state index < -0.39 is 0 Å². The van der Waals surface area contributed by atoms with Crippen molar-refractivity contribution < 1.29 is 9.59 Å². The highest BCUT2D eigenvalue weighted by atomic mass is 35.5. The normalized spacial score (nSPS) is 10.4. The summed E-state index contributed by atoms with van der Waals surface area (Å²) in [6, 6.07) is 0. The molecule has 0 atom stereocenters. The average molecular weight is 277 g/mol. The first-order valence-corrected chi connectivity index (χ1v) is 6.25. The average Bonchev–Trinajstić information content (AvgIpc) is 2.70. The van der Waals surface area contributed by atoms with Gasteiger partial charge in [0.1, 0.15) is 0 Å². The highest BCUT2D eigenvalue weighted by molar-refractivity contribution is 7.17. The van der Waals surface area contributed by atoms with E-state index in [1.807, 2.05) is 0 Å². The van der Waals surface area contributed by atoms with Gasteiger partial charge in [-0.1, -0.05) is 25.2 Å². The van der Waals surface area contributed by atoms with Crippen LogP contribution in [0.15, 0.2) is 0 Å². The standard InChI is InChI=1S/C9H13ClN4O2S/c1-5(2)6(15)11-3-4-12-7(16)8-13-14-9(10)17-8/h5H,3-4H2,1-2H3,(H,11,15)(H,12,16). The van der Waals surface area contributed by atoms with Gasteiger partial charge in [0, 0.05) is 19.0 Å². The van der Waals surface area contributed by atoms with Crippen molar-refractivity contribution in [2.24, 2.45) is 5.92 Å². The van der Waals surface area contributed by atoms with Crippen molar-refractivity contribution in [1.82, 2.24) is 20.8 Å². The predicted molar refractivity (Wildman–Crippen MR) is 65.1 cm³/mol. The van der Waals surface area contributed by atoms with Crippen LogP contribution >= 0.6 is 22.9 Å². The number of halogens is 1. The third-order valence-corrected chi connectivity index (χ3v) is 2.85. The Labute approximate surface area is 108 Å². The lowest BCUT2D eigenvalue weighted by molar-refractivity contribution is -0.123. The Morgan fingerprint density at radius 3 is 2.47 bits per heavy atom. The summed E-state index contributed by atoms with van der Waals surface area (Å²) in [4.78, 5) is 22.7. The largest absolute Gasteiger partial charge is 0.354 e. The molecule has 0 aliphatic rings. The molecule has 8 heteroatoms. The van der Waals surface area contributed by atoms with E-state index in [0.717, 1.165) is 11.3 Å². The maximum atomic E-state index is 11.5. The van der Waals surface area contributed by atoms with Gasteiger partial charge in [0.05, 0.1) is 0 Å². The lowest BCUT2D eigenvalue weighted by atomic mass is 10.2. The molecule has 1 rings (SSSR count). The molecule has 17 heavy (non-hydrogen) atoms. The second-order valence-corrected chi connectivity index (χ2v) is 5.12. The van der Waals surface area contributed by atoms with Gasteiger partial charge in [-0.2, -0.15) is 0 Å². The summed E-state index contributed by atoms with van der Waals surface area (Å²) in [6.07, 6.45) is 0. The van der Waals surface area contributed by atoms with Crippen molar-refractivity contribution >= 4 is 34.8 Å². The topological polar surface area (TPSA) is 84.0 Å². The number of carbonyl (C=O) groups excluding carboxylic acids is 2. The molecule has 0 spiro atoms. The minimum absolute atomic E-state index is 0.0433. The third-order valence-electron chi connectivity index (χ3n) is 1.83. The van der Waals surface area contributed by atoms with E-state index in [2.05, 4.69) is 20.8 Å². The maximum Gasteiger partial charge on any atom is 0.282 e. The second-order valence-electron chi connectivity index (χ2n) is 3.56. The van der Waals surface area contributed by atoms with E-state index in [4.69, 9.17) is 11.6 Å². The first-order valence-electron chi connectivity index (χ1n) is 5.05. The molecule has 0 radical (unpaired) electrons. The van der Waals surface area contributed by atoms with Crippen molar-refractivity contribution in [3.8, 4) is 0 Å². The van der Waals surface area contributed by atoms with Gasteiger partial charge in [0.15, 0.2) is 0 Å². The fourth-order valence-electron chi connectivity index (χ4n) is 0.939. The van der Waals surface area contributed by atoms with E-state index >= 15 is 0 Å². The molecule has 94 valence electrons. The fourth-order valence-corrected chi connectivity index (χ4v) is 1.68. The molecule has 0 fully saturated rings. The molecule has 0 bridgehead atoms. The molecule has 2 N–H and O–H groups in total. The van der Waals surface area contributed by atoms with E-state index in [9.17, 15) is 9.59 Å². The number of nitrogens with zero attached hydrogens (tertiary/aromatic N) is 2. The van der Waals surface area contributed by atoms with Crippen LogP contribution in [-0.2, 0) is 4.79 Å². The summed E-state index contributed by atoms with van der Waals surface area (Å²) in [5, 5.41) is 12.6. The number of hydrogen-bond donors (Lipinski definition) is 2. The van der Waals surface area contributed by atoms with Gasteiger partial charge >= 0.3 is 0 Å². The van der Waals surface area contributed by atoms with Crippen LogP contribution in [0.5, 0.6) is 0 Å². The summed E-state index contributed by atoms with van der Waals surface area (Å²) >= 11 is 6.56. The molecular formula is C9H13ClN4O2S. The van der Waals surface area contributed by atoms with Crippen LogP contribution in [0.2, 0.25) is 4.47 Å². The van der Waals surface area contributed by atoms with Gasteiger partial charge in [-0.3, -0.25) is 9.59 Å². The molecule has 0 saturated carbocycles. The van der Waals surface area contributed by atoms with Crippen LogP contribution in [0.25, 0.3) is 0 Å². The van der Waals surface area contributed by atoms with Crippen molar-refractivity contribution in [2.75, 3.05) is 13.1 Å². The lowest BCUT2D eigenvalue weighted by Gasteiger charge is -2.07. The molecule has 0 aliphatic carbocycles. The summed E-state index contributed by atoms with van der Waals surface area (Å²) in [5.74, 6) is -0.445. The molecule has 1 aromatic rings. The summed E-state index contributed by atoms with van der Waals surface area (Å²) in [5.41, 5.74) is 0. The van der Waals surface area contributed by atoms with E-state index in [1.165, 1.54) is 0 Å². The van der Waals surface area contributed by atoms with Gasteiger partial charge in [-0.05, 0) is 11.6 Å². The van der Waals surface area contributed by atoms with Crippen molar-refractivity contribution in [1.29, 1.82) is 0 Å². The Kier molecular flexibility index (Phi) is 5.30. The number of nitrogens with one attached hydrogen (secondary N) is 2. The first-order chi connectivity index (χ1) is 8.00. The summed E-state index contributed by atoms with van der Waals surface area (Å²) < 4.78 is 0.225. The Morgan fingerprint density at radius 2 is 1.94 bits per heavy atom. The summed E-state index contributed by atoms with van der Waals surface area (Å²) in [6.45, 7) is 4.33. The Balaban J connectivity index is 2.23. The monoisotopic (exact) mass is 276 g/mol. The van der Waals surface area contributed by atoms with Crippen LogP contribution < -0.4 is 10.6 Å². The van der Waals surface area contributed by atoms with Gasteiger partial charge < -0.3 is 10.6 Å². The maximum absolute atomic E-state index is 11.5. The number of hydrogen-bond acceptors (Lipinski definition) is 5. The minimum atomic E-state index is -0.340. The zero-order chi connectivity index (χ0) is 12.8. The van der Waals surface area contributed by atoms with Crippen LogP contribution in [0.3, 0.4) is 0 Å². The fraction of sp³-hybridized carbons (Fsp3) is 0.556. The first kappa shape index (κ1) is 13.9. The third kappa shape index (κ3) is 4.66. The molecular weight excluding hydrogens is 264 g/mol. The quantitative estimate of drug-likeness (QED) is 0.775. The highest BCUT2D eigenvalue weighted by Gasteiger charge is 2.11. The Morgan fingerprint density at radius 1 is 1.29 bits per heavy atom. The molecule has 1 heterocycles. The van der Waals surface area contributed by atoms with Crippen molar-refractivity contribution in [3.05, 3.63) is 9.47 Å². The summed E-state index contributed by atoms with van der Waals surface area (Å²) in [7, 11) is 0. The zero-order valence-electron chi connectivity index (χ0n) is 9.49. The smallest absolute Gasteiger partial charge is 0.282 e. The number of carbonyl (C=O) groups is 2. The predicted octanol–water partition coefficient (Wildman–Crippen LogP) is 0.693. The number of amides is 2. The van der Waals surface area contributed by atoms with Gasteiger partial charge in [-0.25, -0.2) is 0 Å². The Hall–Kier alpha value is -1.21. The molecule has 0 saturated heterocycles. The zero-order valence-corrected chi connectivity index (χ0v) is 11.1. The van der Waals surface area contributed by atoms with Crippen LogP contribution in [-0.4, -0.2) is 35.1 Å². The van der Waals surface area contributed by atoms with Crippen LogP contribution in [0.1, 0.15) is 23.6 Å². The van der Waals surface area contributed by atoms with E-state index in [0.29, 0.717) is 13.1 Å². The molecule has 0 unspecified atom stereocenters. The Bertz CT molecular complexity index is 407. The number of aromatic nitrogens is 2. The van der Waals surface area contributed by atoms with Crippen molar-refractivity contribution in [2.45, 2.75) is 13.8 Å². The number of rotatable bonds is 5. The van der Waals surface area contributed by atoms with Gasteiger partial charge in [0.25, 0.3) is 5.91 Å². The lowest BCUT2D eigenvalue weighted by Crippen LogP contribution is -2.36. The van der Waals surface area contributed by atoms with E-state index in [-0.39, 0.29) is 27.2 Å². The molecule has 0 aromatic carbocycles. The molecule has 2 amide bonds. The molecule has 0 aliphatic heterocycles. The van der Waals surface area contributed by atoms with Crippen LogP contribution in [0, 0.1) is 5.92 Å². The molecule has 6 nitrogen and oxygen atoms in total. The SMILES string of the molecule is CC(C)C(=O)NCCNC(=O)c1nnc(Cl)s1. The van der Waals surface area contributed by atoms with Crippen LogP contribution in [0.4, 0.5) is 0 Å².